The number of carbonyl (C=O) groups is 1. The van der Waals surface area contributed by atoms with Gasteiger partial charge in [0.25, 0.3) is 0 Å². The first-order valence-electron chi connectivity index (χ1n) is 8.83. The Bertz CT molecular complexity index is 601. The van der Waals surface area contributed by atoms with Crippen LogP contribution in [0.3, 0.4) is 0 Å². The molecule has 0 unspecified atom stereocenters. The number of thiol groups is 1. The van der Waals surface area contributed by atoms with Gasteiger partial charge in [0.2, 0.25) is 0 Å². The van der Waals surface area contributed by atoms with Crippen LogP contribution in [-0.4, -0.2) is 18.4 Å². The summed E-state index contributed by atoms with van der Waals surface area (Å²) in [6, 6.07) is 17.3. The van der Waals surface area contributed by atoms with Crippen molar-refractivity contribution >= 4 is 18.4 Å². The molecule has 0 heterocycles. The van der Waals surface area contributed by atoms with E-state index in [1.165, 1.54) is 32.1 Å². The molecule has 2 nitrogen and oxygen atoms in total. The molecule has 3 rings (SSSR count). The van der Waals surface area contributed by atoms with Crippen LogP contribution in [0.5, 0.6) is 0 Å². The van der Waals surface area contributed by atoms with Gasteiger partial charge < -0.3 is 5.32 Å². The van der Waals surface area contributed by atoms with E-state index in [0.717, 1.165) is 17.5 Å². The molecule has 0 radical (unpaired) electrons. The van der Waals surface area contributed by atoms with Gasteiger partial charge in [-0.2, -0.15) is 0 Å². The van der Waals surface area contributed by atoms with E-state index in [4.69, 9.17) is 0 Å². The summed E-state index contributed by atoms with van der Waals surface area (Å²) in [4.78, 5) is 12.8. The lowest BCUT2D eigenvalue weighted by atomic mass is 9.96. The molecule has 0 aromatic heterocycles. The molecule has 0 bridgehead atoms. The van der Waals surface area contributed by atoms with Gasteiger partial charge in [-0.1, -0.05) is 56.5 Å². The molecule has 1 aliphatic carbocycles. The minimum atomic E-state index is 0.0453. The lowest BCUT2D eigenvalue weighted by molar-refractivity contribution is 0.103. The summed E-state index contributed by atoms with van der Waals surface area (Å²) in [5.74, 6) is 0.0453. The van der Waals surface area contributed by atoms with E-state index >= 15 is 0 Å². The molecular formula is C21H27NOS. The fraction of sp³-hybridized carbons (Fsp3) is 0.381. The van der Waals surface area contributed by atoms with E-state index in [-0.39, 0.29) is 5.78 Å². The maximum atomic E-state index is 11.9. The van der Waals surface area contributed by atoms with Crippen LogP contribution >= 0.6 is 12.6 Å². The molecule has 0 spiro atoms. The Morgan fingerprint density at radius 3 is 2.12 bits per heavy atom. The Hall–Kier alpha value is -1.58. The summed E-state index contributed by atoms with van der Waals surface area (Å²) >= 11 is 4.18. The van der Waals surface area contributed by atoms with Gasteiger partial charge in [-0.05, 0) is 43.7 Å². The zero-order valence-corrected chi connectivity index (χ0v) is 15.3. The third kappa shape index (κ3) is 6.14. The summed E-state index contributed by atoms with van der Waals surface area (Å²) in [5, 5.41) is 3.48. The summed E-state index contributed by atoms with van der Waals surface area (Å²) in [5.41, 5.74) is 1.41. The molecular weight excluding hydrogens is 314 g/mol. The molecule has 1 N–H and O–H groups in total. The van der Waals surface area contributed by atoms with Crippen LogP contribution in [0.1, 0.15) is 54.9 Å². The van der Waals surface area contributed by atoms with E-state index in [9.17, 15) is 4.79 Å². The first-order chi connectivity index (χ1) is 11.7. The van der Waals surface area contributed by atoms with Gasteiger partial charge >= 0.3 is 0 Å². The number of nitrogens with one attached hydrogen (secondary N) is 1. The number of ketones is 1. The molecule has 0 aliphatic heterocycles. The van der Waals surface area contributed by atoms with Crippen molar-refractivity contribution in [3.05, 3.63) is 65.7 Å². The normalized spacial score (nSPS) is 14.6. The Kier molecular flexibility index (Phi) is 8.06. The first-order valence-corrected chi connectivity index (χ1v) is 9.27. The zero-order chi connectivity index (χ0) is 17.2. The van der Waals surface area contributed by atoms with Crippen LogP contribution in [0.4, 0.5) is 0 Å². The van der Waals surface area contributed by atoms with Gasteiger partial charge in [0.05, 0.1) is 0 Å². The minimum Gasteiger partial charge on any atom is -0.314 e. The van der Waals surface area contributed by atoms with Crippen LogP contribution in [-0.2, 0) is 0 Å². The van der Waals surface area contributed by atoms with Gasteiger partial charge in [0.15, 0.2) is 5.78 Å². The third-order valence-corrected chi connectivity index (χ3v) is 4.56. The van der Waals surface area contributed by atoms with Crippen molar-refractivity contribution in [3.8, 4) is 0 Å². The minimum absolute atomic E-state index is 0.0453. The van der Waals surface area contributed by atoms with Crippen molar-refractivity contribution in [2.75, 3.05) is 6.54 Å². The molecule has 2 aromatic rings. The second-order valence-corrected chi connectivity index (χ2v) is 6.65. The quantitative estimate of drug-likeness (QED) is 0.596. The van der Waals surface area contributed by atoms with E-state index in [1.54, 1.807) is 12.1 Å². The molecule has 2 aromatic carbocycles. The molecule has 1 fully saturated rings. The number of hydrogen-bond acceptors (Lipinski definition) is 3. The molecule has 1 saturated carbocycles. The van der Waals surface area contributed by atoms with Crippen LogP contribution in [0.2, 0.25) is 0 Å². The third-order valence-electron chi connectivity index (χ3n) is 4.26. The monoisotopic (exact) mass is 341 g/mol. The second kappa shape index (κ2) is 10.3. The number of benzene rings is 2. The maximum absolute atomic E-state index is 11.9. The van der Waals surface area contributed by atoms with Crippen molar-refractivity contribution in [1.29, 1.82) is 0 Å². The van der Waals surface area contributed by atoms with Crippen molar-refractivity contribution in [1.82, 2.24) is 5.32 Å². The van der Waals surface area contributed by atoms with Crippen molar-refractivity contribution in [2.24, 2.45) is 0 Å². The van der Waals surface area contributed by atoms with Gasteiger partial charge in [-0.25, -0.2) is 0 Å². The van der Waals surface area contributed by atoms with Crippen LogP contribution in [0, 0.1) is 0 Å². The summed E-state index contributed by atoms with van der Waals surface area (Å²) in [6.45, 7) is 3.33. The van der Waals surface area contributed by atoms with Gasteiger partial charge in [0.1, 0.15) is 0 Å². The maximum Gasteiger partial charge on any atom is 0.193 e. The van der Waals surface area contributed by atoms with Crippen molar-refractivity contribution in [2.45, 2.75) is 50.0 Å². The zero-order valence-electron chi connectivity index (χ0n) is 14.4. The fourth-order valence-corrected chi connectivity index (χ4v) is 3.11. The Morgan fingerprint density at radius 2 is 1.54 bits per heavy atom. The van der Waals surface area contributed by atoms with Crippen molar-refractivity contribution in [3.63, 3.8) is 0 Å². The van der Waals surface area contributed by atoms with E-state index in [2.05, 4.69) is 24.9 Å². The summed E-state index contributed by atoms with van der Waals surface area (Å²) < 4.78 is 0. The second-order valence-electron chi connectivity index (χ2n) is 6.13. The summed E-state index contributed by atoms with van der Waals surface area (Å²) in [7, 11) is 0. The molecule has 128 valence electrons. The number of rotatable bonds is 4. The topological polar surface area (TPSA) is 29.1 Å². The van der Waals surface area contributed by atoms with E-state index in [1.807, 2.05) is 42.5 Å². The highest BCUT2D eigenvalue weighted by Gasteiger charge is 2.10. The molecule has 3 heteroatoms. The molecule has 0 amide bonds. The number of carbonyl (C=O) groups excluding carboxylic acids is 1. The lowest BCUT2D eigenvalue weighted by Crippen LogP contribution is -2.30. The van der Waals surface area contributed by atoms with Gasteiger partial charge in [0, 0.05) is 22.1 Å². The average molecular weight is 342 g/mol. The lowest BCUT2D eigenvalue weighted by Gasteiger charge is -2.21. The smallest absolute Gasteiger partial charge is 0.193 e. The van der Waals surface area contributed by atoms with Gasteiger partial charge in [-0.15, -0.1) is 12.6 Å². The molecule has 24 heavy (non-hydrogen) atoms. The Morgan fingerprint density at radius 1 is 0.958 bits per heavy atom. The van der Waals surface area contributed by atoms with Gasteiger partial charge in [-0.3, -0.25) is 4.79 Å². The first kappa shape index (κ1) is 18.8. The Labute approximate surface area is 151 Å². The van der Waals surface area contributed by atoms with Crippen LogP contribution in [0.15, 0.2) is 59.5 Å². The van der Waals surface area contributed by atoms with E-state index < -0.39 is 0 Å². The average Bonchev–Trinajstić information content (AvgIpc) is 2.64. The molecule has 0 atom stereocenters. The highest BCUT2D eigenvalue weighted by molar-refractivity contribution is 7.80. The molecule has 1 aliphatic rings. The summed E-state index contributed by atoms with van der Waals surface area (Å²) in [6.07, 6.45) is 7.17. The van der Waals surface area contributed by atoms with Crippen LogP contribution in [0.25, 0.3) is 0 Å². The highest BCUT2D eigenvalue weighted by Crippen LogP contribution is 2.16. The number of hydrogen-bond donors (Lipinski definition) is 2. The predicted octanol–water partition coefficient (Wildman–Crippen LogP) is 5.13. The largest absolute Gasteiger partial charge is 0.314 e. The predicted molar refractivity (Wildman–Crippen MR) is 104 cm³/mol. The Balaban J connectivity index is 0.000000198. The van der Waals surface area contributed by atoms with Crippen molar-refractivity contribution < 1.29 is 4.79 Å². The van der Waals surface area contributed by atoms with E-state index in [0.29, 0.717) is 11.1 Å². The fourth-order valence-electron chi connectivity index (χ4n) is 2.96. The SMILES string of the molecule is CCNC1CCCCC1.O=C(c1ccccc1)c1ccc(S)cc1. The standard InChI is InChI=1S/C13H10OS.C8H17N/c14-13(10-4-2-1-3-5-10)11-6-8-12(15)9-7-11;1-2-9-8-6-4-3-5-7-8/h1-9,15H;8-9H,2-7H2,1H3. The van der Waals surface area contributed by atoms with Crippen LogP contribution < -0.4 is 5.32 Å². The molecule has 0 saturated heterocycles. The highest BCUT2D eigenvalue weighted by atomic mass is 32.1.